The smallest absolute Gasteiger partial charge is 0.230 e. The standard InChI is InChI=1S/C18H23ClN4OS/c1-5-10-23-17(14-6-8-15(19)9-7-14)21-22-18(23)25-11-16(24)20-13(4)12(2)3/h5-9,12-13H,1,10-11H2,2-4H3,(H,20,24)/t13-/m1/s1. The van der Waals surface area contributed by atoms with Gasteiger partial charge in [0.2, 0.25) is 5.91 Å². The molecule has 0 aliphatic heterocycles. The summed E-state index contributed by atoms with van der Waals surface area (Å²) in [5.41, 5.74) is 0.920. The summed E-state index contributed by atoms with van der Waals surface area (Å²) in [6.07, 6.45) is 1.79. The molecule has 0 spiro atoms. The number of rotatable bonds is 8. The first kappa shape index (κ1) is 19.5. The Labute approximate surface area is 157 Å². The number of benzene rings is 1. The Morgan fingerprint density at radius 2 is 2.00 bits per heavy atom. The molecule has 0 aliphatic rings. The Bertz CT molecular complexity index is 727. The molecule has 2 aromatic rings. The molecular weight excluding hydrogens is 356 g/mol. The second-order valence-electron chi connectivity index (χ2n) is 6.10. The van der Waals surface area contributed by atoms with Crippen molar-refractivity contribution in [2.75, 3.05) is 5.75 Å². The molecule has 7 heteroatoms. The maximum atomic E-state index is 12.1. The summed E-state index contributed by atoms with van der Waals surface area (Å²) in [6, 6.07) is 7.58. The topological polar surface area (TPSA) is 59.8 Å². The van der Waals surface area contributed by atoms with Crippen LogP contribution in [0.4, 0.5) is 0 Å². The Kier molecular flexibility index (Phi) is 7.08. The molecule has 2 rings (SSSR count). The van der Waals surface area contributed by atoms with Crippen molar-refractivity contribution in [3.63, 3.8) is 0 Å². The van der Waals surface area contributed by atoms with E-state index in [1.165, 1.54) is 11.8 Å². The van der Waals surface area contributed by atoms with Crippen LogP contribution in [0.2, 0.25) is 5.02 Å². The molecule has 1 amide bonds. The fourth-order valence-corrected chi connectivity index (χ4v) is 2.98. The Morgan fingerprint density at radius 3 is 2.60 bits per heavy atom. The van der Waals surface area contributed by atoms with Gasteiger partial charge in [0.1, 0.15) is 0 Å². The highest BCUT2D eigenvalue weighted by atomic mass is 35.5. The van der Waals surface area contributed by atoms with Gasteiger partial charge in [-0.25, -0.2) is 0 Å². The van der Waals surface area contributed by atoms with Gasteiger partial charge in [0.15, 0.2) is 11.0 Å². The van der Waals surface area contributed by atoms with Crippen molar-refractivity contribution in [2.24, 2.45) is 5.92 Å². The number of hydrogen-bond donors (Lipinski definition) is 1. The zero-order valence-corrected chi connectivity index (χ0v) is 16.3. The van der Waals surface area contributed by atoms with Crippen molar-refractivity contribution in [3.05, 3.63) is 41.9 Å². The minimum Gasteiger partial charge on any atom is -0.353 e. The summed E-state index contributed by atoms with van der Waals surface area (Å²) in [5, 5.41) is 12.9. The zero-order chi connectivity index (χ0) is 18.4. The van der Waals surface area contributed by atoms with Gasteiger partial charge in [-0.1, -0.05) is 43.3 Å². The van der Waals surface area contributed by atoms with Crippen LogP contribution in [-0.4, -0.2) is 32.5 Å². The van der Waals surface area contributed by atoms with E-state index in [9.17, 15) is 4.79 Å². The van der Waals surface area contributed by atoms with Crippen LogP contribution in [0.25, 0.3) is 11.4 Å². The lowest BCUT2D eigenvalue weighted by atomic mass is 10.1. The van der Waals surface area contributed by atoms with Gasteiger partial charge in [0, 0.05) is 23.2 Å². The molecule has 1 aromatic carbocycles. The lowest BCUT2D eigenvalue weighted by molar-refractivity contribution is -0.119. The first-order valence-electron chi connectivity index (χ1n) is 8.14. The summed E-state index contributed by atoms with van der Waals surface area (Å²) in [7, 11) is 0. The lowest BCUT2D eigenvalue weighted by Gasteiger charge is -2.17. The lowest BCUT2D eigenvalue weighted by Crippen LogP contribution is -2.37. The van der Waals surface area contributed by atoms with Crippen molar-refractivity contribution < 1.29 is 4.79 Å². The van der Waals surface area contributed by atoms with E-state index >= 15 is 0 Å². The number of carbonyl (C=O) groups excluding carboxylic acids is 1. The van der Waals surface area contributed by atoms with Gasteiger partial charge in [-0.3, -0.25) is 9.36 Å². The predicted octanol–water partition coefficient (Wildman–Crippen LogP) is 4.04. The van der Waals surface area contributed by atoms with Crippen LogP contribution >= 0.6 is 23.4 Å². The highest BCUT2D eigenvalue weighted by Crippen LogP contribution is 2.25. The highest BCUT2D eigenvalue weighted by molar-refractivity contribution is 7.99. The van der Waals surface area contributed by atoms with Crippen LogP contribution in [0.3, 0.4) is 0 Å². The molecular formula is C18H23ClN4OS. The number of halogens is 1. The number of allylic oxidation sites excluding steroid dienone is 1. The first-order valence-corrected chi connectivity index (χ1v) is 9.51. The third-order valence-electron chi connectivity index (χ3n) is 3.85. The monoisotopic (exact) mass is 378 g/mol. The second-order valence-corrected chi connectivity index (χ2v) is 7.48. The van der Waals surface area contributed by atoms with Crippen molar-refractivity contribution in [1.82, 2.24) is 20.1 Å². The highest BCUT2D eigenvalue weighted by Gasteiger charge is 2.16. The fraction of sp³-hybridized carbons (Fsp3) is 0.389. The van der Waals surface area contributed by atoms with E-state index in [1.54, 1.807) is 6.08 Å². The number of carbonyl (C=O) groups is 1. The van der Waals surface area contributed by atoms with Gasteiger partial charge >= 0.3 is 0 Å². The minimum atomic E-state index is -0.00704. The van der Waals surface area contributed by atoms with Gasteiger partial charge in [-0.2, -0.15) is 0 Å². The number of thioether (sulfide) groups is 1. The van der Waals surface area contributed by atoms with Gasteiger partial charge in [-0.15, -0.1) is 16.8 Å². The van der Waals surface area contributed by atoms with Crippen molar-refractivity contribution in [1.29, 1.82) is 0 Å². The maximum absolute atomic E-state index is 12.1. The third-order valence-corrected chi connectivity index (χ3v) is 5.07. The van der Waals surface area contributed by atoms with Crippen molar-refractivity contribution in [2.45, 2.75) is 38.5 Å². The van der Waals surface area contributed by atoms with Crippen LogP contribution in [0.1, 0.15) is 20.8 Å². The number of nitrogens with zero attached hydrogens (tertiary/aromatic N) is 3. The zero-order valence-electron chi connectivity index (χ0n) is 14.7. The van der Waals surface area contributed by atoms with Crippen LogP contribution < -0.4 is 5.32 Å². The third kappa shape index (κ3) is 5.34. The van der Waals surface area contributed by atoms with Gasteiger partial charge < -0.3 is 5.32 Å². The molecule has 0 saturated carbocycles. The first-order chi connectivity index (χ1) is 11.9. The molecule has 5 nitrogen and oxygen atoms in total. The van der Waals surface area contributed by atoms with Crippen LogP contribution in [-0.2, 0) is 11.3 Å². The van der Waals surface area contributed by atoms with Crippen molar-refractivity contribution >= 4 is 29.3 Å². The fourth-order valence-electron chi connectivity index (χ4n) is 2.09. The van der Waals surface area contributed by atoms with E-state index in [2.05, 4.69) is 35.9 Å². The van der Waals surface area contributed by atoms with Gasteiger partial charge in [0.25, 0.3) is 0 Å². The Balaban J connectivity index is 2.12. The molecule has 0 bridgehead atoms. The Hall–Kier alpha value is -1.79. The normalized spacial score (nSPS) is 12.2. The minimum absolute atomic E-state index is 0.00704. The van der Waals surface area contributed by atoms with Crippen LogP contribution in [0.15, 0.2) is 42.1 Å². The SMILES string of the molecule is C=CCn1c(SCC(=O)N[C@H](C)C(C)C)nnc1-c1ccc(Cl)cc1. The summed E-state index contributed by atoms with van der Waals surface area (Å²) in [6.45, 7) is 10.5. The molecule has 1 aromatic heterocycles. The average Bonchev–Trinajstić information content (AvgIpc) is 2.97. The number of nitrogens with one attached hydrogen (secondary N) is 1. The quantitative estimate of drug-likeness (QED) is 0.556. The average molecular weight is 379 g/mol. The number of aromatic nitrogens is 3. The molecule has 134 valence electrons. The molecule has 1 N–H and O–H groups in total. The largest absolute Gasteiger partial charge is 0.353 e. The van der Waals surface area contributed by atoms with E-state index in [-0.39, 0.29) is 11.9 Å². The van der Waals surface area contributed by atoms with Crippen LogP contribution in [0.5, 0.6) is 0 Å². The molecule has 25 heavy (non-hydrogen) atoms. The van der Waals surface area contributed by atoms with E-state index in [1.807, 2.05) is 35.8 Å². The van der Waals surface area contributed by atoms with Gasteiger partial charge in [-0.05, 0) is 37.1 Å². The molecule has 1 atom stereocenters. The van der Waals surface area contributed by atoms with E-state index in [4.69, 9.17) is 11.6 Å². The van der Waals surface area contributed by atoms with Crippen molar-refractivity contribution in [3.8, 4) is 11.4 Å². The molecule has 0 unspecified atom stereocenters. The summed E-state index contributed by atoms with van der Waals surface area (Å²) in [5.74, 6) is 1.42. The van der Waals surface area contributed by atoms with E-state index in [0.717, 1.165) is 11.4 Å². The summed E-state index contributed by atoms with van der Waals surface area (Å²) >= 11 is 7.32. The predicted molar refractivity (Wildman–Crippen MR) is 104 cm³/mol. The molecule has 0 fully saturated rings. The second kappa shape index (κ2) is 9.06. The van der Waals surface area contributed by atoms with Crippen LogP contribution in [0, 0.1) is 5.92 Å². The Morgan fingerprint density at radius 1 is 1.32 bits per heavy atom. The molecule has 0 aliphatic carbocycles. The van der Waals surface area contributed by atoms with Gasteiger partial charge in [0.05, 0.1) is 5.75 Å². The molecule has 0 saturated heterocycles. The number of hydrogen-bond acceptors (Lipinski definition) is 4. The molecule has 0 radical (unpaired) electrons. The van der Waals surface area contributed by atoms with E-state index < -0.39 is 0 Å². The summed E-state index contributed by atoms with van der Waals surface area (Å²) < 4.78 is 1.94. The summed E-state index contributed by atoms with van der Waals surface area (Å²) in [4.78, 5) is 12.1. The molecule has 1 heterocycles. The maximum Gasteiger partial charge on any atom is 0.230 e. The number of amides is 1. The van der Waals surface area contributed by atoms with E-state index in [0.29, 0.717) is 28.4 Å².